The van der Waals surface area contributed by atoms with E-state index in [0.717, 1.165) is 25.9 Å². The number of nitrogens with one attached hydrogen (secondary N) is 2. The van der Waals surface area contributed by atoms with Gasteiger partial charge in [-0.1, -0.05) is 12.1 Å². The molecule has 0 bridgehead atoms. The molecule has 0 aromatic heterocycles. The molecular weight excluding hydrogens is 330 g/mol. The lowest BCUT2D eigenvalue weighted by molar-refractivity contribution is -0.128. The fourth-order valence-corrected chi connectivity index (χ4v) is 3.17. The number of anilines is 1. The number of benzene rings is 1. The van der Waals surface area contributed by atoms with Gasteiger partial charge in [0.2, 0.25) is 11.8 Å². The number of nitrogens with zero attached hydrogens (tertiary/aromatic N) is 1. The van der Waals surface area contributed by atoms with Gasteiger partial charge in [-0.3, -0.25) is 14.5 Å². The van der Waals surface area contributed by atoms with Crippen LogP contribution in [0.15, 0.2) is 24.3 Å². The van der Waals surface area contributed by atoms with E-state index in [1.165, 1.54) is 0 Å². The molecule has 1 heterocycles. The summed E-state index contributed by atoms with van der Waals surface area (Å²) >= 11 is 0. The molecule has 0 aliphatic carbocycles. The Morgan fingerprint density at radius 2 is 1.81 bits per heavy atom. The Balaban J connectivity index is 1.87. The molecule has 1 aliphatic rings. The molecule has 1 saturated heterocycles. The Morgan fingerprint density at radius 3 is 2.38 bits per heavy atom. The van der Waals surface area contributed by atoms with Crippen molar-refractivity contribution in [2.24, 2.45) is 5.92 Å². The van der Waals surface area contributed by atoms with E-state index in [1.54, 1.807) is 7.11 Å². The Labute approximate surface area is 156 Å². The molecule has 1 aromatic carbocycles. The van der Waals surface area contributed by atoms with Crippen LogP contribution in [0.4, 0.5) is 5.69 Å². The Morgan fingerprint density at radius 1 is 1.19 bits per heavy atom. The smallest absolute Gasteiger partial charge is 0.237 e. The third-order valence-corrected chi connectivity index (χ3v) is 4.69. The highest BCUT2D eigenvalue weighted by atomic mass is 16.5. The molecule has 6 heteroatoms. The second-order valence-electron chi connectivity index (χ2n) is 7.92. The highest BCUT2D eigenvalue weighted by molar-refractivity contribution is 5.94. The molecule has 2 amide bonds. The molecule has 1 fully saturated rings. The first kappa shape index (κ1) is 20.2. The fourth-order valence-electron chi connectivity index (χ4n) is 3.17. The Kier molecular flexibility index (Phi) is 6.64. The minimum absolute atomic E-state index is 0.0148. The van der Waals surface area contributed by atoms with E-state index in [0.29, 0.717) is 11.4 Å². The van der Waals surface area contributed by atoms with E-state index in [-0.39, 0.29) is 29.3 Å². The molecule has 144 valence electrons. The average molecular weight is 361 g/mol. The van der Waals surface area contributed by atoms with Gasteiger partial charge in [0, 0.05) is 11.5 Å². The predicted molar refractivity (Wildman–Crippen MR) is 103 cm³/mol. The molecule has 1 aliphatic heterocycles. The van der Waals surface area contributed by atoms with E-state index in [9.17, 15) is 9.59 Å². The van der Waals surface area contributed by atoms with Crippen molar-refractivity contribution < 1.29 is 14.3 Å². The highest BCUT2D eigenvalue weighted by Gasteiger charge is 2.31. The summed E-state index contributed by atoms with van der Waals surface area (Å²) in [4.78, 5) is 27.1. The monoisotopic (exact) mass is 361 g/mol. The van der Waals surface area contributed by atoms with Gasteiger partial charge in [0.15, 0.2) is 0 Å². The van der Waals surface area contributed by atoms with Gasteiger partial charge in [-0.2, -0.15) is 0 Å². The SMILES string of the molecule is COc1ccccc1NC(=O)C1CCN(C(C)C(=O)NC(C)(C)C)CC1. The molecular formula is C20H31N3O3. The summed E-state index contributed by atoms with van der Waals surface area (Å²) < 4.78 is 5.28. The molecule has 0 spiro atoms. The molecule has 2 N–H and O–H groups in total. The topological polar surface area (TPSA) is 70.7 Å². The minimum Gasteiger partial charge on any atom is -0.495 e. The van der Waals surface area contributed by atoms with Crippen LogP contribution in [0.2, 0.25) is 0 Å². The Hall–Kier alpha value is -2.08. The van der Waals surface area contributed by atoms with Crippen LogP contribution in [0.25, 0.3) is 0 Å². The van der Waals surface area contributed by atoms with Crippen LogP contribution in [-0.2, 0) is 9.59 Å². The number of carbonyl (C=O) groups is 2. The lowest BCUT2D eigenvalue weighted by Crippen LogP contribution is -2.53. The van der Waals surface area contributed by atoms with E-state index in [1.807, 2.05) is 52.0 Å². The third kappa shape index (κ3) is 5.46. The minimum atomic E-state index is -0.238. The van der Waals surface area contributed by atoms with Crippen molar-refractivity contribution in [3.8, 4) is 5.75 Å². The van der Waals surface area contributed by atoms with Gasteiger partial charge >= 0.3 is 0 Å². The van der Waals surface area contributed by atoms with Crippen LogP contribution in [0.5, 0.6) is 5.75 Å². The average Bonchev–Trinajstić information content (AvgIpc) is 2.60. The zero-order valence-corrected chi connectivity index (χ0v) is 16.5. The normalized spacial score (nSPS) is 17.4. The van der Waals surface area contributed by atoms with Gasteiger partial charge < -0.3 is 15.4 Å². The van der Waals surface area contributed by atoms with Crippen molar-refractivity contribution in [3.63, 3.8) is 0 Å². The summed E-state index contributed by atoms with van der Waals surface area (Å²) in [6.45, 7) is 9.34. The summed E-state index contributed by atoms with van der Waals surface area (Å²) in [7, 11) is 1.59. The maximum atomic E-state index is 12.6. The van der Waals surface area contributed by atoms with Gasteiger partial charge in [-0.15, -0.1) is 0 Å². The van der Waals surface area contributed by atoms with E-state index >= 15 is 0 Å². The first-order valence-electron chi connectivity index (χ1n) is 9.21. The molecule has 6 nitrogen and oxygen atoms in total. The number of amides is 2. The van der Waals surface area contributed by atoms with Crippen LogP contribution < -0.4 is 15.4 Å². The zero-order valence-electron chi connectivity index (χ0n) is 16.5. The number of hydrogen-bond acceptors (Lipinski definition) is 4. The summed E-state index contributed by atoms with van der Waals surface area (Å²) in [5, 5.41) is 5.99. The number of likely N-dealkylation sites (tertiary alicyclic amines) is 1. The first-order valence-corrected chi connectivity index (χ1v) is 9.21. The maximum Gasteiger partial charge on any atom is 0.237 e. The number of ether oxygens (including phenoxy) is 1. The zero-order chi connectivity index (χ0) is 19.3. The molecule has 1 atom stereocenters. The van der Waals surface area contributed by atoms with Crippen molar-refractivity contribution in [3.05, 3.63) is 24.3 Å². The molecule has 26 heavy (non-hydrogen) atoms. The van der Waals surface area contributed by atoms with Crippen molar-refractivity contribution in [2.75, 3.05) is 25.5 Å². The van der Waals surface area contributed by atoms with Crippen molar-refractivity contribution >= 4 is 17.5 Å². The van der Waals surface area contributed by atoms with E-state index < -0.39 is 0 Å². The maximum absolute atomic E-state index is 12.6. The molecule has 0 radical (unpaired) electrons. The van der Waals surface area contributed by atoms with Crippen LogP contribution in [0, 0.1) is 5.92 Å². The molecule has 2 rings (SSSR count). The van der Waals surface area contributed by atoms with Crippen molar-refractivity contribution in [1.29, 1.82) is 0 Å². The van der Waals surface area contributed by atoms with Gasteiger partial charge in [-0.25, -0.2) is 0 Å². The van der Waals surface area contributed by atoms with Crippen LogP contribution in [0.3, 0.4) is 0 Å². The van der Waals surface area contributed by atoms with Gasteiger partial charge in [0.05, 0.1) is 18.8 Å². The molecule has 0 saturated carbocycles. The highest BCUT2D eigenvalue weighted by Crippen LogP contribution is 2.26. The molecule has 1 unspecified atom stereocenters. The van der Waals surface area contributed by atoms with E-state index in [4.69, 9.17) is 4.74 Å². The van der Waals surface area contributed by atoms with Crippen LogP contribution >= 0.6 is 0 Å². The van der Waals surface area contributed by atoms with Gasteiger partial charge in [0.25, 0.3) is 0 Å². The van der Waals surface area contributed by atoms with Gasteiger partial charge in [0.1, 0.15) is 5.75 Å². The number of piperidine rings is 1. The first-order chi connectivity index (χ1) is 12.2. The summed E-state index contributed by atoms with van der Waals surface area (Å²) in [5.41, 5.74) is 0.457. The molecule has 1 aromatic rings. The third-order valence-electron chi connectivity index (χ3n) is 4.69. The Bertz CT molecular complexity index is 631. The standard InChI is InChI=1S/C20H31N3O3/c1-14(18(24)22-20(2,3)4)23-12-10-15(11-13-23)19(25)21-16-8-6-7-9-17(16)26-5/h6-9,14-15H,10-13H2,1-5H3,(H,21,25)(H,22,24). The number of methoxy groups -OCH3 is 1. The van der Waals surface area contributed by atoms with Gasteiger partial charge in [-0.05, 0) is 65.8 Å². The second kappa shape index (κ2) is 8.54. The van der Waals surface area contributed by atoms with Crippen LogP contribution in [0.1, 0.15) is 40.5 Å². The lowest BCUT2D eigenvalue weighted by atomic mass is 9.94. The van der Waals surface area contributed by atoms with Crippen molar-refractivity contribution in [2.45, 2.75) is 52.1 Å². The predicted octanol–water partition coefficient (Wildman–Crippen LogP) is 2.65. The number of rotatable bonds is 5. The fraction of sp³-hybridized carbons (Fsp3) is 0.600. The number of para-hydroxylation sites is 2. The van der Waals surface area contributed by atoms with E-state index in [2.05, 4.69) is 15.5 Å². The number of hydrogen-bond donors (Lipinski definition) is 2. The largest absolute Gasteiger partial charge is 0.495 e. The second-order valence-corrected chi connectivity index (χ2v) is 7.92. The number of carbonyl (C=O) groups excluding carboxylic acids is 2. The quantitative estimate of drug-likeness (QED) is 0.846. The summed E-state index contributed by atoms with van der Waals surface area (Å²) in [6.07, 6.45) is 1.49. The summed E-state index contributed by atoms with van der Waals surface area (Å²) in [5.74, 6) is 0.662. The van der Waals surface area contributed by atoms with Crippen LogP contribution in [-0.4, -0.2) is 48.5 Å². The van der Waals surface area contributed by atoms with Crippen molar-refractivity contribution in [1.82, 2.24) is 10.2 Å². The summed E-state index contributed by atoms with van der Waals surface area (Å²) in [6, 6.07) is 7.22. The lowest BCUT2D eigenvalue weighted by Gasteiger charge is -2.36.